The van der Waals surface area contributed by atoms with Crippen molar-refractivity contribution >= 4 is 0 Å². The van der Waals surface area contributed by atoms with Crippen molar-refractivity contribution < 1.29 is 4.52 Å². The van der Waals surface area contributed by atoms with E-state index in [1.54, 1.807) is 6.26 Å². The van der Waals surface area contributed by atoms with Gasteiger partial charge in [-0.3, -0.25) is 0 Å². The molecule has 100 valence electrons. The third kappa shape index (κ3) is 3.57. The first-order valence-corrected chi connectivity index (χ1v) is 6.98. The SMILES string of the molecule is C=CCc1ccc(CCCCC)cc1-c1ccon1. The fraction of sp³-hybridized carbons (Fsp3) is 0.353. The Kier molecular flexibility index (Phi) is 4.96. The van der Waals surface area contributed by atoms with Gasteiger partial charge in [-0.2, -0.15) is 0 Å². The summed E-state index contributed by atoms with van der Waals surface area (Å²) >= 11 is 0. The fourth-order valence-corrected chi connectivity index (χ4v) is 2.28. The van der Waals surface area contributed by atoms with Crippen LogP contribution in [0, 0.1) is 0 Å². The van der Waals surface area contributed by atoms with Crippen molar-refractivity contribution in [1.29, 1.82) is 0 Å². The average molecular weight is 255 g/mol. The second-order valence-corrected chi connectivity index (χ2v) is 4.83. The quantitative estimate of drug-likeness (QED) is 0.524. The molecule has 0 N–H and O–H groups in total. The van der Waals surface area contributed by atoms with Crippen molar-refractivity contribution in [2.24, 2.45) is 0 Å². The summed E-state index contributed by atoms with van der Waals surface area (Å²) in [4.78, 5) is 0. The molecule has 2 rings (SSSR count). The molecule has 0 radical (unpaired) electrons. The van der Waals surface area contributed by atoms with Crippen LogP contribution in [0.25, 0.3) is 11.3 Å². The molecule has 2 nitrogen and oxygen atoms in total. The Morgan fingerprint density at radius 3 is 2.84 bits per heavy atom. The lowest BCUT2D eigenvalue weighted by Gasteiger charge is -2.08. The Hall–Kier alpha value is -1.83. The Labute approximate surface area is 115 Å². The largest absolute Gasteiger partial charge is 0.364 e. The van der Waals surface area contributed by atoms with Crippen LogP contribution < -0.4 is 0 Å². The maximum atomic E-state index is 4.96. The lowest BCUT2D eigenvalue weighted by atomic mass is 9.96. The summed E-state index contributed by atoms with van der Waals surface area (Å²) in [5, 5.41) is 4.06. The maximum Gasteiger partial charge on any atom is 0.124 e. The minimum Gasteiger partial charge on any atom is -0.364 e. The van der Waals surface area contributed by atoms with Crippen molar-refractivity contribution in [2.45, 2.75) is 39.0 Å². The second-order valence-electron chi connectivity index (χ2n) is 4.83. The van der Waals surface area contributed by atoms with Gasteiger partial charge in [0.25, 0.3) is 0 Å². The molecule has 0 fully saturated rings. The predicted molar refractivity (Wildman–Crippen MR) is 79.1 cm³/mol. The minimum atomic E-state index is 0.859. The highest BCUT2D eigenvalue weighted by molar-refractivity contribution is 5.64. The molecule has 2 heteroatoms. The van der Waals surface area contributed by atoms with Gasteiger partial charge in [0.2, 0.25) is 0 Å². The fourth-order valence-electron chi connectivity index (χ4n) is 2.28. The summed E-state index contributed by atoms with van der Waals surface area (Å²) in [6.45, 7) is 6.05. The molecule has 1 aromatic carbocycles. The number of rotatable bonds is 7. The molecule has 19 heavy (non-hydrogen) atoms. The molecule has 0 atom stereocenters. The molecule has 1 heterocycles. The summed E-state index contributed by atoms with van der Waals surface area (Å²) in [6.07, 6.45) is 9.32. The van der Waals surface area contributed by atoms with Crippen LogP contribution in [0.2, 0.25) is 0 Å². The van der Waals surface area contributed by atoms with Crippen LogP contribution in [0.15, 0.2) is 47.7 Å². The summed E-state index contributed by atoms with van der Waals surface area (Å²) in [5.41, 5.74) is 4.71. The summed E-state index contributed by atoms with van der Waals surface area (Å²) in [6, 6.07) is 8.56. The standard InChI is InChI=1S/C17H21NO/c1-3-5-6-8-14-9-10-15(7-4-2)16(13-14)17-11-12-19-18-17/h4,9-13H,2-3,5-8H2,1H3. The molecule has 0 aliphatic rings. The van der Waals surface area contributed by atoms with Crippen LogP contribution in [-0.2, 0) is 12.8 Å². The van der Waals surface area contributed by atoms with E-state index < -0.39 is 0 Å². The van der Waals surface area contributed by atoms with E-state index >= 15 is 0 Å². The lowest BCUT2D eigenvalue weighted by Crippen LogP contribution is -1.93. The predicted octanol–water partition coefficient (Wildman–Crippen LogP) is 4.80. The van der Waals surface area contributed by atoms with E-state index in [0.29, 0.717) is 0 Å². The molecule has 0 unspecified atom stereocenters. The molecule has 0 saturated carbocycles. The van der Waals surface area contributed by atoms with Crippen molar-refractivity contribution in [3.8, 4) is 11.3 Å². The Morgan fingerprint density at radius 2 is 2.16 bits per heavy atom. The van der Waals surface area contributed by atoms with Crippen molar-refractivity contribution in [3.63, 3.8) is 0 Å². The van der Waals surface area contributed by atoms with E-state index in [1.807, 2.05) is 12.1 Å². The smallest absolute Gasteiger partial charge is 0.124 e. The monoisotopic (exact) mass is 255 g/mol. The van der Waals surface area contributed by atoms with E-state index in [0.717, 1.165) is 18.5 Å². The number of benzene rings is 1. The Morgan fingerprint density at radius 1 is 1.26 bits per heavy atom. The first kappa shape index (κ1) is 13.6. The van der Waals surface area contributed by atoms with Crippen LogP contribution >= 0.6 is 0 Å². The van der Waals surface area contributed by atoms with Crippen molar-refractivity contribution in [2.75, 3.05) is 0 Å². The van der Waals surface area contributed by atoms with Gasteiger partial charge in [0, 0.05) is 11.6 Å². The van der Waals surface area contributed by atoms with Gasteiger partial charge < -0.3 is 4.52 Å². The Balaban J connectivity index is 2.25. The van der Waals surface area contributed by atoms with Gasteiger partial charge in [-0.25, -0.2) is 0 Å². The molecule has 0 amide bonds. The normalized spacial score (nSPS) is 10.6. The zero-order valence-electron chi connectivity index (χ0n) is 11.6. The zero-order valence-corrected chi connectivity index (χ0v) is 11.6. The first-order chi connectivity index (χ1) is 9.35. The molecule has 2 aromatic rings. The van der Waals surface area contributed by atoms with Crippen LogP contribution in [0.1, 0.15) is 37.3 Å². The molecular weight excluding hydrogens is 234 g/mol. The highest BCUT2D eigenvalue weighted by Gasteiger charge is 2.08. The van der Waals surface area contributed by atoms with Gasteiger partial charge in [-0.05, 0) is 36.5 Å². The molecule has 0 aliphatic carbocycles. The average Bonchev–Trinajstić information content (AvgIpc) is 2.95. The van der Waals surface area contributed by atoms with E-state index in [1.165, 1.54) is 36.0 Å². The summed E-state index contributed by atoms with van der Waals surface area (Å²) in [7, 11) is 0. The number of aryl methyl sites for hydroxylation is 1. The molecule has 1 aromatic heterocycles. The number of hydrogen-bond donors (Lipinski definition) is 0. The van der Waals surface area contributed by atoms with Gasteiger partial charge in [0.05, 0.1) is 0 Å². The highest BCUT2D eigenvalue weighted by Crippen LogP contribution is 2.25. The topological polar surface area (TPSA) is 26.0 Å². The number of allylic oxidation sites excluding steroid dienone is 1. The van der Waals surface area contributed by atoms with Crippen LogP contribution in [0.5, 0.6) is 0 Å². The van der Waals surface area contributed by atoms with Gasteiger partial charge in [0.1, 0.15) is 12.0 Å². The van der Waals surface area contributed by atoms with Gasteiger partial charge in [0.15, 0.2) is 0 Å². The maximum absolute atomic E-state index is 4.96. The third-order valence-corrected chi connectivity index (χ3v) is 3.32. The minimum absolute atomic E-state index is 0.859. The second kappa shape index (κ2) is 6.93. The molecule has 0 saturated heterocycles. The Bertz CT molecular complexity index is 514. The lowest BCUT2D eigenvalue weighted by molar-refractivity contribution is 0.422. The third-order valence-electron chi connectivity index (χ3n) is 3.32. The molecular formula is C17H21NO. The number of nitrogens with zero attached hydrogens (tertiary/aromatic N) is 1. The molecule has 0 spiro atoms. The van der Waals surface area contributed by atoms with Gasteiger partial charge >= 0.3 is 0 Å². The van der Waals surface area contributed by atoms with Crippen LogP contribution in [-0.4, -0.2) is 5.16 Å². The first-order valence-electron chi connectivity index (χ1n) is 6.98. The zero-order chi connectivity index (χ0) is 13.5. The van der Waals surface area contributed by atoms with Gasteiger partial charge in [-0.1, -0.05) is 43.1 Å². The number of aromatic nitrogens is 1. The van der Waals surface area contributed by atoms with Crippen LogP contribution in [0.3, 0.4) is 0 Å². The number of unbranched alkanes of at least 4 members (excludes halogenated alkanes) is 2. The van der Waals surface area contributed by atoms with Crippen LogP contribution in [0.4, 0.5) is 0 Å². The summed E-state index contributed by atoms with van der Waals surface area (Å²) < 4.78 is 4.96. The highest BCUT2D eigenvalue weighted by atomic mass is 16.5. The molecule has 0 bridgehead atoms. The summed E-state index contributed by atoms with van der Waals surface area (Å²) in [5.74, 6) is 0. The van der Waals surface area contributed by atoms with Crippen molar-refractivity contribution in [1.82, 2.24) is 5.16 Å². The van der Waals surface area contributed by atoms with E-state index in [2.05, 4.69) is 36.9 Å². The van der Waals surface area contributed by atoms with E-state index in [-0.39, 0.29) is 0 Å². The molecule has 0 aliphatic heterocycles. The number of hydrogen-bond acceptors (Lipinski definition) is 2. The van der Waals surface area contributed by atoms with E-state index in [9.17, 15) is 0 Å². The van der Waals surface area contributed by atoms with Crippen molar-refractivity contribution in [3.05, 3.63) is 54.3 Å². The van der Waals surface area contributed by atoms with E-state index in [4.69, 9.17) is 4.52 Å². The van der Waals surface area contributed by atoms with Gasteiger partial charge in [-0.15, -0.1) is 6.58 Å².